The van der Waals surface area contributed by atoms with Crippen LogP contribution in [0.2, 0.25) is 0 Å². The molecular formula is C23H26N2OS. The molecule has 0 saturated heterocycles. The molecule has 0 aliphatic heterocycles. The largest absolute Gasteiger partial charge is 0.348 e. The van der Waals surface area contributed by atoms with Gasteiger partial charge in [0.05, 0.1) is 0 Å². The first-order chi connectivity index (χ1) is 13.2. The minimum absolute atomic E-state index is 0.0401. The highest BCUT2D eigenvalue weighted by Gasteiger charge is 2.38. The quantitative estimate of drug-likeness (QED) is 0.494. The Balaban J connectivity index is 1.49. The number of allylic oxidation sites excluding steroid dienone is 3. The number of benzene rings is 1. The normalized spacial score (nSPS) is 19.6. The number of hydrogen-bond acceptors (Lipinski definition) is 3. The Labute approximate surface area is 165 Å². The Morgan fingerprint density at radius 1 is 1.19 bits per heavy atom. The van der Waals surface area contributed by atoms with Crippen LogP contribution in [0.15, 0.2) is 83.8 Å². The summed E-state index contributed by atoms with van der Waals surface area (Å²) in [4.78, 5) is 13.6. The van der Waals surface area contributed by atoms with Gasteiger partial charge in [0.25, 0.3) is 0 Å². The van der Waals surface area contributed by atoms with Crippen molar-refractivity contribution >= 4 is 17.2 Å². The van der Waals surface area contributed by atoms with Gasteiger partial charge in [-0.1, -0.05) is 61.2 Å². The van der Waals surface area contributed by atoms with Crippen molar-refractivity contribution in [2.45, 2.75) is 32.5 Å². The molecule has 1 amide bonds. The zero-order chi connectivity index (χ0) is 19.1. The Hall–Kier alpha value is -2.43. The standard InChI is InChI=1S/C23H26N2OS/c1-3-19(21-14-22(21)24-16-20-10-7-13-27-20)12-11-17(2)23(26)25-15-18-8-5-4-6-9-18/h3-13,21-22,24H,1,14-16H2,2H3,(H,25,26)/b17-11+,19-12+. The second-order valence-corrected chi connectivity index (χ2v) is 7.83. The predicted molar refractivity (Wildman–Crippen MR) is 113 cm³/mol. The van der Waals surface area contributed by atoms with Crippen LogP contribution in [0.3, 0.4) is 0 Å². The SMILES string of the molecule is C=C/C(=C\C=C(/C)C(=O)NCc1ccccc1)C1CC1NCc1cccs1. The van der Waals surface area contributed by atoms with E-state index in [1.165, 1.54) is 10.5 Å². The fraction of sp³-hybridized carbons (Fsp3) is 0.261. The average molecular weight is 379 g/mol. The monoisotopic (exact) mass is 378 g/mol. The zero-order valence-corrected chi connectivity index (χ0v) is 16.5. The lowest BCUT2D eigenvalue weighted by Crippen LogP contribution is -2.23. The summed E-state index contributed by atoms with van der Waals surface area (Å²) in [6.45, 7) is 7.24. The van der Waals surface area contributed by atoms with E-state index >= 15 is 0 Å². The number of hydrogen-bond donors (Lipinski definition) is 2. The lowest BCUT2D eigenvalue weighted by Gasteiger charge is -2.06. The summed E-state index contributed by atoms with van der Waals surface area (Å²) in [6.07, 6.45) is 6.95. The van der Waals surface area contributed by atoms with Crippen molar-refractivity contribution in [2.75, 3.05) is 0 Å². The van der Waals surface area contributed by atoms with Crippen LogP contribution >= 0.6 is 11.3 Å². The molecule has 1 aromatic heterocycles. The lowest BCUT2D eigenvalue weighted by molar-refractivity contribution is -0.117. The molecule has 1 saturated carbocycles. The van der Waals surface area contributed by atoms with Crippen LogP contribution in [0.1, 0.15) is 23.8 Å². The summed E-state index contributed by atoms with van der Waals surface area (Å²) in [6, 6.07) is 14.7. The van der Waals surface area contributed by atoms with Gasteiger partial charge in [-0.3, -0.25) is 4.79 Å². The van der Waals surface area contributed by atoms with Gasteiger partial charge in [0.15, 0.2) is 0 Å². The first-order valence-electron chi connectivity index (χ1n) is 9.26. The Morgan fingerprint density at radius 3 is 2.70 bits per heavy atom. The highest BCUT2D eigenvalue weighted by molar-refractivity contribution is 7.09. The van der Waals surface area contributed by atoms with Crippen molar-refractivity contribution < 1.29 is 4.79 Å². The van der Waals surface area contributed by atoms with Gasteiger partial charge >= 0.3 is 0 Å². The molecule has 1 heterocycles. The van der Waals surface area contributed by atoms with Crippen LogP contribution in [0.4, 0.5) is 0 Å². The van der Waals surface area contributed by atoms with Crippen molar-refractivity contribution in [1.29, 1.82) is 0 Å². The van der Waals surface area contributed by atoms with E-state index in [0.29, 0.717) is 24.1 Å². The number of amides is 1. The van der Waals surface area contributed by atoms with E-state index < -0.39 is 0 Å². The summed E-state index contributed by atoms with van der Waals surface area (Å²) in [7, 11) is 0. The third-order valence-electron chi connectivity index (χ3n) is 4.75. The molecule has 1 aliphatic carbocycles. The summed E-state index contributed by atoms with van der Waals surface area (Å²) in [5.41, 5.74) is 2.99. The predicted octanol–water partition coefficient (Wildman–Crippen LogP) is 4.60. The maximum Gasteiger partial charge on any atom is 0.247 e. The fourth-order valence-electron chi connectivity index (χ4n) is 2.99. The summed E-state index contributed by atoms with van der Waals surface area (Å²) < 4.78 is 0. The summed E-state index contributed by atoms with van der Waals surface area (Å²) >= 11 is 1.78. The third kappa shape index (κ3) is 5.78. The smallest absolute Gasteiger partial charge is 0.247 e. The van der Waals surface area contributed by atoms with E-state index in [2.05, 4.69) is 34.7 Å². The van der Waals surface area contributed by atoms with Crippen molar-refractivity contribution in [3.8, 4) is 0 Å². The molecule has 2 aromatic rings. The maximum absolute atomic E-state index is 12.3. The van der Waals surface area contributed by atoms with Gasteiger partial charge in [0.1, 0.15) is 0 Å². The van der Waals surface area contributed by atoms with E-state index in [1.807, 2.05) is 55.5 Å². The second-order valence-electron chi connectivity index (χ2n) is 6.80. The van der Waals surface area contributed by atoms with Crippen LogP contribution in [-0.4, -0.2) is 11.9 Å². The zero-order valence-electron chi connectivity index (χ0n) is 15.7. The molecule has 4 heteroatoms. The van der Waals surface area contributed by atoms with Gasteiger partial charge < -0.3 is 10.6 Å². The summed E-state index contributed by atoms with van der Waals surface area (Å²) in [5, 5.41) is 8.66. The number of rotatable bonds is 9. The summed E-state index contributed by atoms with van der Waals surface area (Å²) in [5.74, 6) is 0.445. The molecule has 3 nitrogen and oxygen atoms in total. The minimum Gasteiger partial charge on any atom is -0.348 e. The molecule has 1 fully saturated rings. The Bertz CT molecular complexity index is 821. The second kappa shape index (κ2) is 9.49. The first-order valence-corrected chi connectivity index (χ1v) is 10.1. The van der Waals surface area contributed by atoms with Gasteiger partial charge in [-0.15, -0.1) is 11.3 Å². The number of carbonyl (C=O) groups excluding carboxylic acids is 1. The maximum atomic E-state index is 12.3. The number of carbonyl (C=O) groups is 1. The molecule has 140 valence electrons. The molecule has 27 heavy (non-hydrogen) atoms. The minimum atomic E-state index is -0.0401. The molecule has 0 radical (unpaired) electrons. The Kier molecular flexibility index (Phi) is 6.80. The van der Waals surface area contributed by atoms with Crippen LogP contribution in [0.25, 0.3) is 0 Å². The van der Waals surface area contributed by atoms with Crippen molar-refractivity contribution in [2.24, 2.45) is 5.92 Å². The van der Waals surface area contributed by atoms with Gasteiger partial charge in [-0.25, -0.2) is 0 Å². The highest BCUT2D eigenvalue weighted by atomic mass is 32.1. The molecule has 3 rings (SSSR count). The van der Waals surface area contributed by atoms with Crippen LogP contribution in [0, 0.1) is 5.92 Å². The van der Waals surface area contributed by atoms with Crippen molar-refractivity contribution in [3.05, 3.63) is 94.2 Å². The average Bonchev–Trinajstić information content (AvgIpc) is 3.27. The van der Waals surface area contributed by atoms with E-state index in [0.717, 1.165) is 18.5 Å². The molecule has 1 aliphatic rings. The molecule has 2 unspecified atom stereocenters. The molecule has 0 spiro atoms. The van der Waals surface area contributed by atoms with Crippen molar-refractivity contribution in [1.82, 2.24) is 10.6 Å². The van der Waals surface area contributed by atoms with E-state index in [1.54, 1.807) is 11.3 Å². The third-order valence-corrected chi connectivity index (χ3v) is 5.63. The molecule has 1 aromatic carbocycles. The topological polar surface area (TPSA) is 41.1 Å². The Morgan fingerprint density at radius 2 is 2.00 bits per heavy atom. The van der Waals surface area contributed by atoms with E-state index in [-0.39, 0.29) is 5.91 Å². The van der Waals surface area contributed by atoms with Gasteiger partial charge in [0.2, 0.25) is 5.91 Å². The molecule has 2 N–H and O–H groups in total. The molecular weight excluding hydrogens is 352 g/mol. The van der Waals surface area contributed by atoms with Crippen LogP contribution in [-0.2, 0) is 17.9 Å². The number of nitrogens with one attached hydrogen (secondary N) is 2. The van der Waals surface area contributed by atoms with Crippen LogP contribution < -0.4 is 10.6 Å². The lowest BCUT2D eigenvalue weighted by atomic mass is 10.1. The molecule has 0 bridgehead atoms. The number of thiophene rings is 1. The van der Waals surface area contributed by atoms with E-state index in [9.17, 15) is 4.79 Å². The van der Waals surface area contributed by atoms with Gasteiger partial charge in [-0.05, 0) is 35.9 Å². The van der Waals surface area contributed by atoms with Gasteiger partial charge in [0, 0.05) is 35.5 Å². The highest BCUT2D eigenvalue weighted by Crippen LogP contribution is 2.38. The first kappa shape index (κ1) is 19.3. The van der Waals surface area contributed by atoms with Crippen molar-refractivity contribution in [3.63, 3.8) is 0 Å². The van der Waals surface area contributed by atoms with Gasteiger partial charge in [-0.2, -0.15) is 0 Å². The van der Waals surface area contributed by atoms with E-state index in [4.69, 9.17) is 0 Å². The molecule has 2 atom stereocenters. The van der Waals surface area contributed by atoms with Crippen LogP contribution in [0.5, 0.6) is 0 Å². The fourth-order valence-corrected chi connectivity index (χ4v) is 3.65.